The molecular weight excluding hydrogens is 446 g/mol. The van der Waals surface area contributed by atoms with Gasteiger partial charge in [-0.05, 0) is 41.7 Å². The summed E-state index contributed by atoms with van der Waals surface area (Å²) in [6.45, 7) is 3.14. The Bertz CT molecular complexity index is 997. The van der Waals surface area contributed by atoms with Crippen molar-refractivity contribution in [3.63, 3.8) is 0 Å². The number of nitrogens with zero attached hydrogens (tertiary/aromatic N) is 2. The zero-order valence-electron chi connectivity index (χ0n) is 19.0. The molecule has 1 unspecified atom stereocenters. The molecular formula is C24H30ClN3O5. The molecule has 1 amide bonds. The van der Waals surface area contributed by atoms with Crippen molar-refractivity contribution in [2.45, 2.75) is 25.8 Å². The maximum Gasteiger partial charge on any atom is 0.277 e. The molecule has 2 N–H and O–H groups in total. The van der Waals surface area contributed by atoms with Gasteiger partial charge in [0.25, 0.3) is 5.91 Å². The van der Waals surface area contributed by atoms with Crippen molar-refractivity contribution in [1.29, 1.82) is 0 Å². The van der Waals surface area contributed by atoms with Crippen LogP contribution in [-0.2, 0) is 16.0 Å². The minimum absolute atomic E-state index is 0. The van der Waals surface area contributed by atoms with Crippen molar-refractivity contribution >= 4 is 29.8 Å². The number of Topliss-reactive ketones (excluding diaryl/α,β-unsaturated/α-hetero) is 1. The van der Waals surface area contributed by atoms with Gasteiger partial charge in [-0.1, -0.05) is 35.5 Å². The highest BCUT2D eigenvalue weighted by Crippen LogP contribution is 2.40. The summed E-state index contributed by atoms with van der Waals surface area (Å²) in [6.07, 6.45) is 1.55. The highest BCUT2D eigenvalue weighted by molar-refractivity contribution is 6.65. The fraction of sp³-hybridized carbons (Fsp3) is 0.375. The average molecular weight is 476 g/mol. The van der Waals surface area contributed by atoms with Crippen molar-refractivity contribution in [2.75, 3.05) is 33.9 Å². The van der Waals surface area contributed by atoms with Crippen molar-refractivity contribution in [2.24, 2.45) is 5.16 Å². The second-order valence-electron chi connectivity index (χ2n) is 7.62. The fourth-order valence-electron chi connectivity index (χ4n) is 4.11. The molecule has 1 aliphatic heterocycles. The normalized spacial score (nSPS) is 15.7. The summed E-state index contributed by atoms with van der Waals surface area (Å²) >= 11 is 0. The van der Waals surface area contributed by atoms with E-state index in [1.807, 2.05) is 18.2 Å². The summed E-state index contributed by atoms with van der Waals surface area (Å²) in [6, 6.07) is 14.4. The lowest BCUT2D eigenvalue weighted by Gasteiger charge is -2.38. The summed E-state index contributed by atoms with van der Waals surface area (Å²) in [7, 11) is 3.28. The second-order valence-corrected chi connectivity index (χ2v) is 7.62. The van der Waals surface area contributed by atoms with Gasteiger partial charge in [0.2, 0.25) is 5.71 Å². The third-order valence-electron chi connectivity index (χ3n) is 5.65. The van der Waals surface area contributed by atoms with E-state index in [-0.39, 0.29) is 18.4 Å². The van der Waals surface area contributed by atoms with Crippen molar-refractivity contribution in [1.82, 2.24) is 10.2 Å². The predicted octanol–water partition coefficient (Wildman–Crippen LogP) is 3.00. The maximum absolute atomic E-state index is 12.0. The van der Waals surface area contributed by atoms with Crippen molar-refractivity contribution < 1.29 is 24.3 Å². The van der Waals surface area contributed by atoms with Crippen LogP contribution in [0.15, 0.2) is 47.6 Å². The van der Waals surface area contributed by atoms with E-state index in [4.69, 9.17) is 14.7 Å². The summed E-state index contributed by atoms with van der Waals surface area (Å²) in [4.78, 5) is 25.7. The number of nitrogens with one attached hydrogen (secondary N) is 1. The Labute approximate surface area is 200 Å². The molecule has 0 spiro atoms. The molecule has 0 saturated heterocycles. The number of hydrogen-bond donors (Lipinski definition) is 2. The number of fused-ring (bicyclic) bond motifs is 1. The lowest BCUT2D eigenvalue weighted by atomic mass is 9.87. The van der Waals surface area contributed by atoms with Gasteiger partial charge in [0.05, 0.1) is 20.3 Å². The Balaban J connectivity index is 0.00000385. The number of halogens is 1. The molecule has 0 aliphatic carbocycles. The number of rotatable bonds is 9. The molecule has 0 bridgehead atoms. The molecule has 3 rings (SSSR count). The van der Waals surface area contributed by atoms with Gasteiger partial charge in [-0.15, -0.1) is 12.4 Å². The van der Waals surface area contributed by atoms with Crippen molar-refractivity contribution in [3.05, 3.63) is 59.2 Å². The molecule has 0 aromatic heterocycles. The molecule has 178 valence electrons. The number of oxime groups is 1. The SMILES string of the molecule is COc1cc2c(cc1OC)C(c1ccccc1)N(CCCNC(=O)/C(=N/O)C(C)=O)CC2.Cl. The Kier molecular flexibility index (Phi) is 9.69. The van der Waals surface area contributed by atoms with Gasteiger partial charge >= 0.3 is 0 Å². The summed E-state index contributed by atoms with van der Waals surface area (Å²) in [5, 5.41) is 14.3. The monoisotopic (exact) mass is 475 g/mol. The third kappa shape index (κ3) is 6.03. The lowest BCUT2D eigenvalue weighted by Crippen LogP contribution is -2.39. The molecule has 9 heteroatoms. The molecule has 0 radical (unpaired) electrons. The standard InChI is InChI=1S/C24H29N3O5.ClH/c1-16(28)22(26-30)24(29)25-11-7-12-27-13-10-18-14-20(31-2)21(32-3)15-19(18)23(27)17-8-5-4-6-9-17;/h4-6,8-9,14-15,23,30H,7,10-13H2,1-3H3,(H,25,29);1H/b26-22+;. The van der Waals surface area contributed by atoms with Crippen LogP contribution in [-0.4, -0.2) is 61.4 Å². The number of amides is 1. The number of hydrogen-bond acceptors (Lipinski definition) is 7. The number of benzene rings is 2. The first-order valence-corrected chi connectivity index (χ1v) is 10.5. The van der Waals surface area contributed by atoms with E-state index in [2.05, 4.69) is 39.6 Å². The number of ketones is 1. The van der Waals surface area contributed by atoms with E-state index < -0.39 is 17.4 Å². The topological polar surface area (TPSA) is 100 Å². The van der Waals surface area contributed by atoms with E-state index in [1.54, 1.807) is 14.2 Å². The molecule has 2 aromatic carbocycles. The van der Waals surface area contributed by atoms with Crippen LogP contribution in [0.5, 0.6) is 11.5 Å². The minimum Gasteiger partial charge on any atom is -0.493 e. The Morgan fingerprint density at radius 1 is 1.15 bits per heavy atom. The molecule has 33 heavy (non-hydrogen) atoms. The van der Waals surface area contributed by atoms with Crippen LogP contribution in [0.25, 0.3) is 0 Å². The Morgan fingerprint density at radius 2 is 1.82 bits per heavy atom. The van der Waals surface area contributed by atoms with Crippen LogP contribution < -0.4 is 14.8 Å². The number of ether oxygens (including phenoxy) is 2. The number of carbonyl (C=O) groups is 2. The molecule has 1 aliphatic rings. The number of carbonyl (C=O) groups excluding carboxylic acids is 2. The van der Waals surface area contributed by atoms with Gasteiger partial charge in [-0.3, -0.25) is 14.5 Å². The van der Waals surface area contributed by atoms with Gasteiger partial charge < -0.3 is 20.0 Å². The first-order valence-electron chi connectivity index (χ1n) is 10.5. The fourth-order valence-corrected chi connectivity index (χ4v) is 4.11. The molecule has 0 saturated carbocycles. The number of methoxy groups -OCH3 is 2. The summed E-state index contributed by atoms with van der Waals surface area (Å²) in [5.74, 6) is 0.175. The van der Waals surface area contributed by atoms with Gasteiger partial charge in [0.1, 0.15) is 0 Å². The predicted molar refractivity (Wildman–Crippen MR) is 128 cm³/mol. The summed E-state index contributed by atoms with van der Waals surface area (Å²) < 4.78 is 11.0. The largest absolute Gasteiger partial charge is 0.493 e. The van der Waals surface area contributed by atoms with Gasteiger partial charge in [0.15, 0.2) is 17.3 Å². The second kappa shape index (κ2) is 12.2. The smallest absolute Gasteiger partial charge is 0.277 e. The van der Waals surface area contributed by atoms with Crippen LogP contribution in [0.4, 0.5) is 0 Å². The van der Waals surface area contributed by atoms with E-state index >= 15 is 0 Å². The molecule has 8 nitrogen and oxygen atoms in total. The van der Waals surface area contributed by atoms with E-state index in [9.17, 15) is 9.59 Å². The van der Waals surface area contributed by atoms with E-state index in [0.29, 0.717) is 18.7 Å². The third-order valence-corrected chi connectivity index (χ3v) is 5.65. The van der Waals surface area contributed by atoms with Crippen LogP contribution in [0.1, 0.15) is 36.1 Å². The Hall–Kier alpha value is -3.10. The maximum atomic E-state index is 12.0. The van der Waals surface area contributed by atoms with Gasteiger partial charge in [-0.2, -0.15) is 0 Å². The zero-order chi connectivity index (χ0) is 23.1. The summed E-state index contributed by atoms with van der Waals surface area (Å²) in [5.41, 5.74) is 3.10. The Morgan fingerprint density at radius 3 is 2.42 bits per heavy atom. The van der Waals surface area contributed by atoms with Crippen molar-refractivity contribution in [3.8, 4) is 11.5 Å². The van der Waals surface area contributed by atoms with E-state index in [0.717, 1.165) is 25.3 Å². The zero-order valence-corrected chi connectivity index (χ0v) is 19.9. The molecule has 0 fully saturated rings. The van der Waals surface area contributed by atoms with Crippen LogP contribution in [0, 0.1) is 0 Å². The first-order chi connectivity index (χ1) is 15.5. The highest BCUT2D eigenvalue weighted by Gasteiger charge is 2.30. The van der Waals surface area contributed by atoms with Gasteiger partial charge in [0, 0.05) is 26.6 Å². The lowest BCUT2D eigenvalue weighted by molar-refractivity contribution is -0.117. The average Bonchev–Trinajstić information content (AvgIpc) is 2.81. The molecule has 1 heterocycles. The van der Waals surface area contributed by atoms with Crippen LogP contribution >= 0.6 is 12.4 Å². The quantitative estimate of drug-likeness (QED) is 0.190. The van der Waals surface area contributed by atoms with E-state index in [1.165, 1.54) is 23.6 Å². The molecule has 1 atom stereocenters. The first kappa shape index (κ1) is 26.2. The minimum atomic E-state index is -0.666. The van der Waals surface area contributed by atoms with Gasteiger partial charge in [-0.25, -0.2) is 0 Å². The van der Waals surface area contributed by atoms with Crippen LogP contribution in [0.3, 0.4) is 0 Å². The van der Waals surface area contributed by atoms with Crippen LogP contribution in [0.2, 0.25) is 0 Å². The highest BCUT2D eigenvalue weighted by atomic mass is 35.5. The molecule has 2 aromatic rings.